The molecule has 3 heterocycles. The molecule has 3 fully saturated rings. The van der Waals surface area contributed by atoms with E-state index in [-0.39, 0.29) is 11.3 Å². The van der Waals surface area contributed by atoms with Gasteiger partial charge in [0.05, 0.1) is 13.2 Å². The molecule has 4 rings (SSSR count). The molecule has 0 unspecified atom stereocenters. The van der Waals surface area contributed by atoms with Crippen LogP contribution in [0.1, 0.15) is 24.8 Å². The largest absolute Gasteiger partial charge is 0.379 e. The fraction of sp³-hybridized carbons (Fsp3) is 0.632. The van der Waals surface area contributed by atoms with Gasteiger partial charge in [-0.05, 0) is 23.8 Å². The molecular formula is C19H27N3O4S. The van der Waals surface area contributed by atoms with E-state index in [1.165, 1.54) is 4.31 Å². The van der Waals surface area contributed by atoms with Crippen molar-refractivity contribution in [1.29, 1.82) is 0 Å². The van der Waals surface area contributed by atoms with Crippen LogP contribution >= 0.6 is 0 Å². The van der Waals surface area contributed by atoms with Crippen LogP contribution in [0.25, 0.3) is 0 Å². The summed E-state index contributed by atoms with van der Waals surface area (Å²) >= 11 is 0. The lowest BCUT2D eigenvalue weighted by Crippen LogP contribution is -2.52. The van der Waals surface area contributed by atoms with Gasteiger partial charge in [0.15, 0.2) is 0 Å². The third-order valence-electron chi connectivity index (χ3n) is 6.03. The van der Waals surface area contributed by atoms with E-state index >= 15 is 0 Å². The van der Waals surface area contributed by atoms with Crippen LogP contribution in [0.15, 0.2) is 30.3 Å². The summed E-state index contributed by atoms with van der Waals surface area (Å²) in [6.07, 6.45) is 2.02. The Balaban J connectivity index is 1.38. The minimum atomic E-state index is -3.42. The lowest BCUT2D eigenvalue weighted by Gasteiger charge is -2.40. The second-order valence-corrected chi connectivity index (χ2v) is 9.76. The number of amides is 1. The molecule has 0 aromatic heterocycles. The molecular weight excluding hydrogens is 366 g/mol. The van der Waals surface area contributed by atoms with Crippen LogP contribution in [-0.4, -0.2) is 73.8 Å². The van der Waals surface area contributed by atoms with Gasteiger partial charge in [0, 0.05) is 45.7 Å². The maximum atomic E-state index is 12.8. The summed E-state index contributed by atoms with van der Waals surface area (Å²) in [6, 6.07) is 10.0. The summed E-state index contributed by atoms with van der Waals surface area (Å²) < 4.78 is 34.0. The van der Waals surface area contributed by atoms with Crippen molar-refractivity contribution >= 4 is 16.1 Å². The Kier molecular flexibility index (Phi) is 5.24. The van der Waals surface area contributed by atoms with Crippen LogP contribution in [0.5, 0.6) is 0 Å². The van der Waals surface area contributed by atoms with E-state index in [4.69, 9.17) is 4.74 Å². The molecule has 0 saturated carbocycles. The topological polar surface area (TPSA) is 70.2 Å². The summed E-state index contributed by atoms with van der Waals surface area (Å²) in [5.41, 5.74) is 1.05. The number of likely N-dealkylation sites (tertiary alicyclic amines) is 1. The van der Waals surface area contributed by atoms with Crippen molar-refractivity contribution in [3.63, 3.8) is 0 Å². The van der Waals surface area contributed by atoms with Crippen molar-refractivity contribution in [3.05, 3.63) is 35.9 Å². The quantitative estimate of drug-likeness (QED) is 0.768. The van der Waals surface area contributed by atoms with Crippen LogP contribution in [0.4, 0.5) is 0 Å². The highest BCUT2D eigenvalue weighted by Gasteiger charge is 2.47. The predicted molar refractivity (Wildman–Crippen MR) is 101 cm³/mol. The third kappa shape index (κ3) is 3.89. The molecule has 7 nitrogen and oxygen atoms in total. The van der Waals surface area contributed by atoms with Gasteiger partial charge in [0.1, 0.15) is 0 Å². The molecule has 1 spiro atoms. The Morgan fingerprint density at radius 3 is 2.26 bits per heavy atom. The molecule has 3 saturated heterocycles. The van der Waals surface area contributed by atoms with Crippen molar-refractivity contribution in [2.24, 2.45) is 5.41 Å². The number of hydrogen-bond donors (Lipinski definition) is 0. The van der Waals surface area contributed by atoms with Crippen molar-refractivity contribution in [1.82, 2.24) is 13.5 Å². The van der Waals surface area contributed by atoms with Crippen molar-refractivity contribution in [2.45, 2.75) is 25.8 Å². The van der Waals surface area contributed by atoms with Gasteiger partial charge in [0.2, 0.25) is 5.91 Å². The summed E-state index contributed by atoms with van der Waals surface area (Å²) in [4.78, 5) is 14.5. The molecule has 3 aliphatic heterocycles. The SMILES string of the molecule is O=C1CC2(CCN(S(=O)(=O)N3CCOCC3)CC2)CN1Cc1ccccc1. The Morgan fingerprint density at radius 1 is 0.963 bits per heavy atom. The third-order valence-corrected chi connectivity index (χ3v) is 8.06. The van der Waals surface area contributed by atoms with Crippen molar-refractivity contribution in [3.8, 4) is 0 Å². The van der Waals surface area contributed by atoms with Crippen LogP contribution in [0, 0.1) is 5.41 Å². The number of carbonyl (C=O) groups excluding carboxylic acids is 1. The van der Waals surface area contributed by atoms with E-state index in [1.807, 2.05) is 35.2 Å². The fourth-order valence-corrected chi connectivity index (χ4v) is 5.98. The van der Waals surface area contributed by atoms with Gasteiger partial charge >= 0.3 is 0 Å². The van der Waals surface area contributed by atoms with Gasteiger partial charge in [-0.15, -0.1) is 0 Å². The summed E-state index contributed by atoms with van der Waals surface area (Å²) in [5, 5.41) is 0. The van der Waals surface area contributed by atoms with Gasteiger partial charge in [-0.1, -0.05) is 30.3 Å². The van der Waals surface area contributed by atoms with Crippen LogP contribution in [0.3, 0.4) is 0 Å². The van der Waals surface area contributed by atoms with Crippen LogP contribution in [-0.2, 0) is 26.3 Å². The molecule has 0 bridgehead atoms. The minimum absolute atomic E-state index is 0.0805. The molecule has 1 aromatic carbocycles. The fourth-order valence-electron chi connectivity index (χ4n) is 4.40. The number of hydrogen-bond acceptors (Lipinski definition) is 4. The Labute approximate surface area is 161 Å². The molecule has 27 heavy (non-hydrogen) atoms. The number of carbonyl (C=O) groups is 1. The highest BCUT2D eigenvalue weighted by molar-refractivity contribution is 7.86. The zero-order valence-corrected chi connectivity index (χ0v) is 16.4. The Morgan fingerprint density at radius 2 is 1.59 bits per heavy atom. The number of rotatable bonds is 4. The predicted octanol–water partition coefficient (Wildman–Crippen LogP) is 1.08. The zero-order chi connectivity index (χ0) is 18.9. The zero-order valence-electron chi connectivity index (χ0n) is 15.5. The molecule has 8 heteroatoms. The molecule has 1 amide bonds. The number of ether oxygens (including phenoxy) is 1. The van der Waals surface area contributed by atoms with E-state index in [1.54, 1.807) is 4.31 Å². The Bertz CT molecular complexity index is 769. The van der Waals surface area contributed by atoms with E-state index < -0.39 is 10.2 Å². The van der Waals surface area contributed by atoms with Crippen molar-refractivity contribution < 1.29 is 17.9 Å². The summed E-state index contributed by atoms with van der Waals surface area (Å²) in [6.45, 7) is 4.11. The first-order valence-corrected chi connectivity index (χ1v) is 11.0. The van der Waals surface area contributed by atoms with Crippen molar-refractivity contribution in [2.75, 3.05) is 45.9 Å². The highest BCUT2D eigenvalue weighted by Crippen LogP contribution is 2.42. The van der Waals surface area contributed by atoms with E-state index in [0.717, 1.165) is 24.9 Å². The highest BCUT2D eigenvalue weighted by atomic mass is 32.2. The molecule has 148 valence electrons. The molecule has 0 aliphatic carbocycles. The second-order valence-electron chi connectivity index (χ2n) is 7.83. The maximum absolute atomic E-state index is 12.8. The van der Waals surface area contributed by atoms with Gasteiger partial charge in [0.25, 0.3) is 10.2 Å². The first-order valence-electron chi connectivity index (χ1n) is 9.63. The molecule has 0 radical (unpaired) electrons. The van der Waals surface area contributed by atoms with Gasteiger partial charge < -0.3 is 9.64 Å². The van der Waals surface area contributed by atoms with Gasteiger partial charge in [-0.3, -0.25) is 4.79 Å². The number of nitrogens with zero attached hydrogens (tertiary/aromatic N) is 3. The molecule has 0 N–H and O–H groups in total. The van der Waals surface area contributed by atoms with E-state index in [0.29, 0.717) is 52.4 Å². The lowest BCUT2D eigenvalue weighted by molar-refractivity contribution is -0.128. The molecule has 0 atom stereocenters. The van der Waals surface area contributed by atoms with Gasteiger partial charge in [-0.25, -0.2) is 0 Å². The van der Waals surface area contributed by atoms with Crippen LogP contribution in [0.2, 0.25) is 0 Å². The Hall–Kier alpha value is -1.48. The average Bonchev–Trinajstić information content (AvgIpc) is 2.98. The van der Waals surface area contributed by atoms with E-state index in [2.05, 4.69) is 0 Å². The number of benzene rings is 1. The first kappa shape index (κ1) is 18.9. The summed E-state index contributed by atoms with van der Waals surface area (Å²) in [5.74, 6) is 0.184. The number of morpholine rings is 1. The smallest absolute Gasteiger partial charge is 0.282 e. The second kappa shape index (κ2) is 7.50. The standard InChI is InChI=1S/C19H27N3O4S/c23-18-14-19(16-20(18)15-17-4-2-1-3-5-17)6-8-21(9-7-19)27(24,25)22-10-12-26-13-11-22/h1-5H,6-16H2. The molecule has 3 aliphatic rings. The average molecular weight is 394 g/mol. The molecule has 1 aromatic rings. The first-order chi connectivity index (χ1) is 13.0. The van der Waals surface area contributed by atoms with Crippen LogP contribution < -0.4 is 0 Å². The van der Waals surface area contributed by atoms with E-state index in [9.17, 15) is 13.2 Å². The normalized spacial score (nSPS) is 24.6. The minimum Gasteiger partial charge on any atom is -0.379 e. The lowest BCUT2D eigenvalue weighted by atomic mass is 9.78. The maximum Gasteiger partial charge on any atom is 0.282 e. The number of piperidine rings is 1. The summed E-state index contributed by atoms with van der Waals surface area (Å²) in [7, 11) is -3.42. The monoisotopic (exact) mass is 393 g/mol. The van der Waals surface area contributed by atoms with Gasteiger partial charge in [-0.2, -0.15) is 17.0 Å².